The average Bonchev–Trinajstić information content (AvgIpc) is 2.38. The Hall–Kier alpha value is -0.810. The highest BCUT2D eigenvalue weighted by atomic mass is 35.5. The molecule has 4 nitrogen and oxygen atoms in total. The predicted molar refractivity (Wildman–Crippen MR) is 76.9 cm³/mol. The Morgan fingerprint density at radius 2 is 2.37 bits per heavy atom. The van der Waals surface area contributed by atoms with Crippen LogP contribution in [0.1, 0.15) is 5.56 Å². The molecule has 0 saturated carbocycles. The average molecular weight is 285 g/mol. The van der Waals surface area contributed by atoms with Crippen LogP contribution in [0.15, 0.2) is 18.2 Å². The highest BCUT2D eigenvalue weighted by molar-refractivity contribution is 6.32. The largest absolute Gasteiger partial charge is 0.489 e. The summed E-state index contributed by atoms with van der Waals surface area (Å²) in [5, 5.41) is 3.77. The summed E-state index contributed by atoms with van der Waals surface area (Å²) in [6.45, 7) is 3.90. The van der Waals surface area contributed by atoms with Gasteiger partial charge >= 0.3 is 0 Å². The molecular weight excluding hydrogens is 264 g/mol. The Labute approximate surface area is 119 Å². The van der Waals surface area contributed by atoms with Gasteiger partial charge in [0, 0.05) is 25.2 Å². The van der Waals surface area contributed by atoms with Gasteiger partial charge in [-0.2, -0.15) is 0 Å². The number of hydrogen-bond acceptors (Lipinski definition) is 4. The minimum atomic E-state index is 0.109. The van der Waals surface area contributed by atoms with Gasteiger partial charge in [0.05, 0.1) is 11.6 Å². The van der Waals surface area contributed by atoms with E-state index in [0.29, 0.717) is 11.6 Å². The van der Waals surface area contributed by atoms with Crippen molar-refractivity contribution in [3.8, 4) is 5.75 Å². The molecule has 1 aromatic carbocycles. The lowest BCUT2D eigenvalue weighted by atomic mass is 10.2. The lowest BCUT2D eigenvalue weighted by molar-refractivity contribution is -0.0404. The van der Waals surface area contributed by atoms with Crippen LogP contribution in [0, 0.1) is 0 Å². The van der Waals surface area contributed by atoms with Crippen molar-refractivity contribution in [2.45, 2.75) is 12.6 Å². The monoisotopic (exact) mass is 284 g/mol. The van der Waals surface area contributed by atoms with Gasteiger partial charge in [0.2, 0.25) is 0 Å². The van der Waals surface area contributed by atoms with Crippen LogP contribution in [-0.4, -0.2) is 51.4 Å². The van der Waals surface area contributed by atoms with Crippen LogP contribution in [0.2, 0.25) is 5.02 Å². The number of likely N-dealkylation sites (N-methyl/N-ethyl adjacent to an activating group) is 1. The molecule has 0 aromatic heterocycles. The molecule has 19 heavy (non-hydrogen) atoms. The van der Waals surface area contributed by atoms with Crippen LogP contribution in [0.4, 0.5) is 0 Å². The van der Waals surface area contributed by atoms with Crippen LogP contribution in [0.25, 0.3) is 0 Å². The Morgan fingerprint density at radius 1 is 1.53 bits per heavy atom. The SMILES string of the molecule is CNCc1cccc(Cl)c1OCC1CN(C)CCO1. The number of nitrogens with one attached hydrogen (secondary N) is 1. The quantitative estimate of drug-likeness (QED) is 0.894. The first kappa shape index (κ1) is 14.6. The van der Waals surface area contributed by atoms with Crippen molar-refractivity contribution in [1.82, 2.24) is 10.2 Å². The van der Waals surface area contributed by atoms with Gasteiger partial charge in [0.15, 0.2) is 0 Å². The zero-order valence-corrected chi connectivity index (χ0v) is 12.2. The van der Waals surface area contributed by atoms with Crippen molar-refractivity contribution in [2.24, 2.45) is 0 Å². The number of morpholine rings is 1. The van der Waals surface area contributed by atoms with Gasteiger partial charge in [-0.1, -0.05) is 23.7 Å². The fourth-order valence-corrected chi connectivity index (χ4v) is 2.44. The van der Waals surface area contributed by atoms with Crippen LogP contribution in [0.5, 0.6) is 5.75 Å². The van der Waals surface area contributed by atoms with Crippen LogP contribution in [-0.2, 0) is 11.3 Å². The minimum Gasteiger partial charge on any atom is -0.489 e. The van der Waals surface area contributed by atoms with Gasteiger partial charge < -0.3 is 19.7 Å². The zero-order valence-electron chi connectivity index (χ0n) is 11.5. The van der Waals surface area contributed by atoms with Gasteiger partial charge in [-0.25, -0.2) is 0 Å². The van der Waals surface area contributed by atoms with Gasteiger partial charge in [0.1, 0.15) is 18.5 Å². The van der Waals surface area contributed by atoms with E-state index in [0.717, 1.165) is 37.6 Å². The molecule has 0 amide bonds. The molecule has 1 N–H and O–H groups in total. The summed E-state index contributed by atoms with van der Waals surface area (Å²) in [5.41, 5.74) is 1.07. The molecule has 2 rings (SSSR count). The van der Waals surface area contributed by atoms with Crippen LogP contribution < -0.4 is 10.1 Å². The number of rotatable bonds is 5. The van der Waals surface area contributed by atoms with Crippen molar-refractivity contribution in [1.29, 1.82) is 0 Å². The summed E-state index contributed by atoms with van der Waals surface area (Å²) in [6, 6.07) is 5.81. The molecule has 106 valence electrons. The molecule has 0 aliphatic carbocycles. The summed E-state index contributed by atoms with van der Waals surface area (Å²) in [6.07, 6.45) is 0.109. The molecule has 5 heteroatoms. The Morgan fingerprint density at radius 3 is 3.11 bits per heavy atom. The number of benzene rings is 1. The lowest BCUT2D eigenvalue weighted by Crippen LogP contribution is -2.42. The van der Waals surface area contributed by atoms with E-state index in [1.165, 1.54) is 0 Å². The first-order valence-corrected chi connectivity index (χ1v) is 6.93. The predicted octanol–water partition coefficient (Wildman–Crippen LogP) is 1.77. The standard InChI is InChI=1S/C14H21ClN2O2/c1-16-8-11-4-3-5-13(15)14(11)19-10-12-9-17(2)6-7-18-12/h3-5,12,16H,6-10H2,1-2H3. The van der Waals surface area contributed by atoms with Crippen molar-refractivity contribution in [3.05, 3.63) is 28.8 Å². The van der Waals surface area contributed by atoms with E-state index in [4.69, 9.17) is 21.1 Å². The van der Waals surface area contributed by atoms with Crippen LogP contribution in [0.3, 0.4) is 0 Å². The van der Waals surface area contributed by atoms with Crippen molar-refractivity contribution < 1.29 is 9.47 Å². The molecule has 0 spiro atoms. The Kier molecular flexibility index (Phi) is 5.45. The van der Waals surface area contributed by atoms with E-state index in [1.807, 2.05) is 25.2 Å². The van der Waals surface area contributed by atoms with Gasteiger partial charge in [0.25, 0.3) is 0 Å². The first-order valence-electron chi connectivity index (χ1n) is 6.55. The maximum Gasteiger partial charge on any atom is 0.142 e. The number of para-hydroxylation sites is 1. The van der Waals surface area contributed by atoms with E-state index in [2.05, 4.69) is 17.3 Å². The summed E-state index contributed by atoms with van der Waals surface area (Å²) >= 11 is 6.21. The second-order valence-electron chi connectivity index (χ2n) is 4.82. The molecule has 1 saturated heterocycles. The highest BCUT2D eigenvalue weighted by Crippen LogP contribution is 2.29. The van der Waals surface area contributed by atoms with Crippen LogP contribution >= 0.6 is 11.6 Å². The van der Waals surface area contributed by atoms with E-state index < -0.39 is 0 Å². The molecular formula is C14H21ClN2O2. The highest BCUT2D eigenvalue weighted by Gasteiger charge is 2.19. The van der Waals surface area contributed by atoms with Gasteiger partial charge in [-0.3, -0.25) is 0 Å². The third-order valence-electron chi connectivity index (χ3n) is 3.17. The third kappa shape index (κ3) is 4.08. The van der Waals surface area contributed by atoms with E-state index >= 15 is 0 Å². The molecule has 1 aliphatic heterocycles. The number of hydrogen-bond donors (Lipinski definition) is 1. The molecule has 1 heterocycles. The van der Waals surface area contributed by atoms with E-state index in [-0.39, 0.29) is 6.10 Å². The Bertz CT molecular complexity index is 414. The summed E-state index contributed by atoms with van der Waals surface area (Å²) in [5.74, 6) is 0.760. The summed E-state index contributed by atoms with van der Waals surface area (Å²) in [7, 11) is 4.00. The zero-order chi connectivity index (χ0) is 13.7. The molecule has 1 unspecified atom stereocenters. The van der Waals surface area contributed by atoms with E-state index in [1.54, 1.807) is 0 Å². The third-order valence-corrected chi connectivity index (χ3v) is 3.47. The second-order valence-corrected chi connectivity index (χ2v) is 5.23. The van der Waals surface area contributed by atoms with Crippen molar-refractivity contribution in [3.63, 3.8) is 0 Å². The van der Waals surface area contributed by atoms with E-state index in [9.17, 15) is 0 Å². The molecule has 1 aliphatic rings. The molecule has 1 fully saturated rings. The smallest absolute Gasteiger partial charge is 0.142 e. The second kappa shape index (κ2) is 7.10. The molecule has 1 atom stereocenters. The summed E-state index contributed by atoms with van der Waals surface area (Å²) in [4.78, 5) is 2.25. The normalized spacial score (nSPS) is 20.5. The van der Waals surface area contributed by atoms with Gasteiger partial charge in [-0.15, -0.1) is 0 Å². The number of nitrogens with zero attached hydrogens (tertiary/aromatic N) is 1. The minimum absolute atomic E-state index is 0.109. The maximum absolute atomic E-state index is 6.21. The van der Waals surface area contributed by atoms with Crippen molar-refractivity contribution >= 4 is 11.6 Å². The lowest BCUT2D eigenvalue weighted by Gasteiger charge is -2.30. The summed E-state index contributed by atoms with van der Waals surface area (Å²) < 4.78 is 11.6. The van der Waals surface area contributed by atoms with Gasteiger partial charge in [-0.05, 0) is 20.2 Å². The first-order chi connectivity index (χ1) is 9.20. The maximum atomic E-state index is 6.21. The molecule has 0 radical (unpaired) electrons. The fourth-order valence-electron chi connectivity index (χ4n) is 2.19. The van der Waals surface area contributed by atoms with Crippen molar-refractivity contribution in [2.75, 3.05) is 40.4 Å². The fraction of sp³-hybridized carbons (Fsp3) is 0.571. The Balaban J connectivity index is 1.98. The molecule has 1 aromatic rings. The topological polar surface area (TPSA) is 33.7 Å². The molecule has 0 bridgehead atoms. The number of ether oxygens (including phenoxy) is 2. The number of halogens is 1.